The maximum atomic E-state index is 5.28. The summed E-state index contributed by atoms with van der Waals surface area (Å²) in [6, 6.07) is 0. The summed E-state index contributed by atoms with van der Waals surface area (Å²) in [5.41, 5.74) is 0.253. The fourth-order valence-corrected chi connectivity index (χ4v) is 1.19. The van der Waals surface area contributed by atoms with Gasteiger partial charge in [0, 0.05) is 18.7 Å². The van der Waals surface area contributed by atoms with Gasteiger partial charge in [0.1, 0.15) is 0 Å². The fourth-order valence-electron chi connectivity index (χ4n) is 1.19. The van der Waals surface area contributed by atoms with Crippen LogP contribution >= 0.6 is 0 Å². The highest BCUT2D eigenvalue weighted by molar-refractivity contribution is 4.74. The normalized spacial score (nSPS) is 25.9. The Morgan fingerprint density at radius 1 is 1.45 bits per heavy atom. The van der Waals surface area contributed by atoms with E-state index in [1.807, 2.05) is 0 Å². The third kappa shape index (κ3) is 3.73. The molecule has 0 aromatic carbocycles. The van der Waals surface area contributed by atoms with Crippen molar-refractivity contribution in [1.82, 2.24) is 5.32 Å². The summed E-state index contributed by atoms with van der Waals surface area (Å²) in [6.45, 7) is 9.59. The lowest BCUT2D eigenvalue weighted by Crippen LogP contribution is -2.39. The van der Waals surface area contributed by atoms with Gasteiger partial charge in [-0.25, -0.2) is 0 Å². The molecule has 1 N–H and O–H groups in total. The van der Waals surface area contributed by atoms with E-state index in [0.29, 0.717) is 0 Å². The highest BCUT2D eigenvalue weighted by Gasteiger charge is 2.17. The lowest BCUT2D eigenvalue weighted by molar-refractivity contribution is 0.183. The maximum Gasteiger partial charge on any atom is 0.0507 e. The van der Waals surface area contributed by atoms with Crippen molar-refractivity contribution in [1.29, 1.82) is 0 Å². The summed E-state index contributed by atoms with van der Waals surface area (Å²) in [6.07, 6.45) is 1.23. The minimum absolute atomic E-state index is 0.253. The van der Waals surface area contributed by atoms with Gasteiger partial charge >= 0.3 is 0 Å². The molecule has 0 amide bonds. The highest BCUT2D eigenvalue weighted by atomic mass is 16.5. The number of hydrogen-bond donors (Lipinski definition) is 1. The van der Waals surface area contributed by atoms with Gasteiger partial charge in [-0.1, -0.05) is 0 Å². The lowest BCUT2D eigenvalue weighted by atomic mass is 10.1. The van der Waals surface area contributed by atoms with Crippen LogP contribution in [0.2, 0.25) is 0 Å². The number of nitrogens with one attached hydrogen (secondary N) is 1. The first-order valence-corrected chi connectivity index (χ1v) is 4.41. The summed E-state index contributed by atoms with van der Waals surface area (Å²) in [5, 5.41) is 3.48. The summed E-state index contributed by atoms with van der Waals surface area (Å²) < 4.78 is 5.28. The van der Waals surface area contributed by atoms with E-state index in [-0.39, 0.29) is 5.54 Å². The second-order valence-electron chi connectivity index (χ2n) is 4.36. The quantitative estimate of drug-likeness (QED) is 0.654. The third-order valence-corrected chi connectivity index (χ3v) is 1.95. The van der Waals surface area contributed by atoms with Crippen molar-refractivity contribution >= 4 is 0 Å². The minimum Gasteiger partial charge on any atom is -0.381 e. The van der Waals surface area contributed by atoms with Crippen molar-refractivity contribution < 1.29 is 4.74 Å². The fraction of sp³-hybridized carbons (Fsp3) is 1.00. The Labute approximate surface area is 69.3 Å². The molecule has 1 atom stereocenters. The van der Waals surface area contributed by atoms with E-state index in [9.17, 15) is 0 Å². The molecular formula is C9H19NO. The molecule has 1 aliphatic heterocycles. The average molecular weight is 157 g/mol. The number of hydrogen-bond acceptors (Lipinski definition) is 2. The molecule has 1 unspecified atom stereocenters. The molecule has 1 rings (SSSR count). The van der Waals surface area contributed by atoms with E-state index in [1.54, 1.807) is 0 Å². The van der Waals surface area contributed by atoms with E-state index < -0.39 is 0 Å². The summed E-state index contributed by atoms with van der Waals surface area (Å²) in [5.74, 6) is 0.745. The zero-order chi connectivity index (χ0) is 8.32. The van der Waals surface area contributed by atoms with Crippen LogP contribution in [0.1, 0.15) is 27.2 Å². The number of ether oxygens (including phenoxy) is 1. The standard InChI is InChI=1S/C9H19NO/c1-9(2,3)10-6-8-4-5-11-7-8/h8,10H,4-7H2,1-3H3. The van der Waals surface area contributed by atoms with E-state index in [4.69, 9.17) is 4.74 Å². The Bertz CT molecular complexity index is 111. The molecule has 0 saturated carbocycles. The Balaban J connectivity index is 2.11. The van der Waals surface area contributed by atoms with Crippen LogP contribution in [0, 0.1) is 5.92 Å². The van der Waals surface area contributed by atoms with Crippen molar-refractivity contribution in [2.45, 2.75) is 32.7 Å². The van der Waals surface area contributed by atoms with Gasteiger partial charge in [-0.05, 0) is 33.1 Å². The van der Waals surface area contributed by atoms with Gasteiger partial charge in [-0.2, -0.15) is 0 Å². The van der Waals surface area contributed by atoms with Gasteiger partial charge < -0.3 is 10.1 Å². The van der Waals surface area contributed by atoms with Gasteiger partial charge in [0.05, 0.1) is 6.61 Å². The van der Waals surface area contributed by atoms with Crippen molar-refractivity contribution in [3.05, 3.63) is 0 Å². The van der Waals surface area contributed by atoms with Crippen molar-refractivity contribution in [3.8, 4) is 0 Å². The topological polar surface area (TPSA) is 21.3 Å². The molecule has 66 valence electrons. The first-order chi connectivity index (χ1) is 5.08. The molecular weight excluding hydrogens is 138 g/mol. The maximum absolute atomic E-state index is 5.28. The van der Waals surface area contributed by atoms with Crippen LogP contribution in [-0.4, -0.2) is 25.3 Å². The zero-order valence-corrected chi connectivity index (χ0v) is 7.81. The molecule has 11 heavy (non-hydrogen) atoms. The van der Waals surface area contributed by atoms with Gasteiger partial charge in [0.15, 0.2) is 0 Å². The van der Waals surface area contributed by atoms with Gasteiger partial charge in [-0.3, -0.25) is 0 Å². The molecule has 1 heterocycles. The predicted octanol–water partition coefficient (Wildman–Crippen LogP) is 1.41. The van der Waals surface area contributed by atoms with Gasteiger partial charge in [-0.15, -0.1) is 0 Å². The molecule has 0 aromatic rings. The monoisotopic (exact) mass is 157 g/mol. The second-order valence-corrected chi connectivity index (χ2v) is 4.36. The summed E-state index contributed by atoms with van der Waals surface area (Å²) >= 11 is 0. The molecule has 1 fully saturated rings. The van der Waals surface area contributed by atoms with E-state index >= 15 is 0 Å². The minimum atomic E-state index is 0.253. The molecule has 1 aliphatic rings. The largest absolute Gasteiger partial charge is 0.381 e. The summed E-state index contributed by atoms with van der Waals surface area (Å²) in [4.78, 5) is 0. The van der Waals surface area contributed by atoms with Gasteiger partial charge in [0.2, 0.25) is 0 Å². The Kier molecular flexibility index (Phi) is 2.90. The van der Waals surface area contributed by atoms with Gasteiger partial charge in [0.25, 0.3) is 0 Å². The van der Waals surface area contributed by atoms with Crippen LogP contribution in [0.15, 0.2) is 0 Å². The molecule has 1 saturated heterocycles. The van der Waals surface area contributed by atoms with E-state index in [0.717, 1.165) is 25.7 Å². The molecule has 0 radical (unpaired) electrons. The molecule has 2 heteroatoms. The smallest absolute Gasteiger partial charge is 0.0507 e. The first kappa shape index (κ1) is 9.01. The second kappa shape index (κ2) is 3.55. The molecule has 0 aliphatic carbocycles. The zero-order valence-electron chi connectivity index (χ0n) is 7.81. The molecule has 0 aromatic heterocycles. The SMILES string of the molecule is CC(C)(C)NCC1CCOC1. The molecule has 0 spiro atoms. The average Bonchev–Trinajstić information content (AvgIpc) is 2.32. The predicted molar refractivity (Wildman–Crippen MR) is 46.7 cm³/mol. The van der Waals surface area contributed by atoms with Crippen molar-refractivity contribution in [2.75, 3.05) is 19.8 Å². The number of rotatable bonds is 2. The first-order valence-electron chi connectivity index (χ1n) is 4.41. The van der Waals surface area contributed by atoms with Crippen LogP contribution in [0.4, 0.5) is 0 Å². The van der Waals surface area contributed by atoms with Crippen LogP contribution < -0.4 is 5.32 Å². The lowest BCUT2D eigenvalue weighted by Gasteiger charge is -2.22. The van der Waals surface area contributed by atoms with Crippen molar-refractivity contribution in [3.63, 3.8) is 0 Å². The van der Waals surface area contributed by atoms with Crippen LogP contribution in [0.3, 0.4) is 0 Å². The van der Waals surface area contributed by atoms with Crippen LogP contribution in [0.25, 0.3) is 0 Å². The van der Waals surface area contributed by atoms with Crippen LogP contribution in [-0.2, 0) is 4.74 Å². The van der Waals surface area contributed by atoms with Crippen molar-refractivity contribution in [2.24, 2.45) is 5.92 Å². The van der Waals surface area contributed by atoms with E-state index in [2.05, 4.69) is 26.1 Å². The molecule has 0 bridgehead atoms. The summed E-state index contributed by atoms with van der Waals surface area (Å²) in [7, 11) is 0. The third-order valence-electron chi connectivity index (χ3n) is 1.95. The Hall–Kier alpha value is -0.0800. The van der Waals surface area contributed by atoms with Crippen LogP contribution in [0.5, 0.6) is 0 Å². The molecule has 2 nitrogen and oxygen atoms in total. The Morgan fingerprint density at radius 3 is 2.64 bits per heavy atom. The Morgan fingerprint density at radius 2 is 2.18 bits per heavy atom. The highest BCUT2D eigenvalue weighted by Crippen LogP contribution is 2.12. The van der Waals surface area contributed by atoms with E-state index in [1.165, 1.54) is 6.42 Å².